The highest BCUT2D eigenvalue weighted by molar-refractivity contribution is 9.10. The zero-order valence-electron chi connectivity index (χ0n) is 14.4. The molecule has 0 aliphatic carbocycles. The Morgan fingerprint density at radius 2 is 1.86 bits per heavy atom. The number of anilines is 1. The molecule has 10 heteroatoms. The summed E-state index contributed by atoms with van der Waals surface area (Å²) in [6, 6.07) is 9.71. The van der Waals surface area contributed by atoms with Crippen LogP contribution in [0.4, 0.5) is 23.5 Å². The summed E-state index contributed by atoms with van der Waals surface area (Å²) in [5.41, 5.74) is -1.45. The molecule has 0 saturated carbocycles. The maximum absolute atomic E-state index is 13.9. The molecule has 4 rings (SSSR count). The first kappa shape index (κ1) is 19.3. The van der Waals surface area contributed by atoms with Crippen molar-refractivity contribution in [3.63, 3.8) is 0 Å². The molecule has 0 amide bonds. The summed E-state index contributed by atoms with van der Waals surface area (Å²) in [5.74, 6) is -1.63. The summed E-state index contributed by atoms with van der Waals surface area (Å²) in [4.78, 5) is 17.0. The smallest absolute Gasteiger partial charge is 0.320 e. The summed E-state index contributed by atoms with van der Waals surface area (Å²) >= 11 is 3.30. The van der Waals surface area contributed by atoms with Crippen molar-refractivity contribution >= 4 is 27.7 Å². The second-order valence-corrected chi connectivity index (χ2v) is 7.15. The van der Waals surface area contributed by atoms with E-state index in [1.54, 1.807) is 24.3 Å². The van der Waals surface area contributed by atoms with Crippen molar-refractivity contribution in [2.24, 2.45) is 0 Å². The van der Waals surface area contributed by atoms with Crippen LogP contribution < -0.4 is 5.32 Å². The summed E-state index contributed by atoms with van der Waals surface area (Å²) < 4.78 is 56.8. The van der Waals surface area contributed by atoms with Crippen LogP contribution >= 0.6 is 15.9 Å². The van der Waals surface area contributed by atoms with Gasteiger partial charge in [0, 0.05) is 10.0 Å². The maximum Gasteiger partial charge on any atom is 0.431 e. The second kappa shape index (κ2) is 7.11. The highest BCUT2D eigenvalue weighted by Gasteiger charge is 2.46. The number of aromatic nitrogens is 3. The van der Waals surface area contributed by atoms with Gasteiger partial charge in [-0.1, -0.05) is 28.1 Å². The van der Waals surface area contributed by atoms with Gasteiger partial charge in [-0.15, -0.1) is 0 Å². The number of hydrogen-bond donors (Lipinski definition) is 1. The van der Waals surface area contributed by atoms with Crippen molar-refractivity contribution < 1.29 is 22.4 Å². The molecule has 0 unspecified atom stereocenters. The van der Waals surface area contributed by atoms with Gasteiger partial charge in [0.15, 0.2) is 5.78 Å². The number of carbonyl (C=O) groups is 1. The molecule has 1 atom stereocenters. The van der Waals surface area contributed by atoms with Gasteiger partial charge < -0.3 is 5.32 Å². The normalized spacial score (nSPS) is 16.4. The highest BCUT2D eigenvalue weighted by Crippen LogP contribution is 2.42. The van der Waals surface area contributed by atoms with Crippen LogP contribution in [0.25, 0.3) is 0 Å². The summed E-state index contributed by atoms with van der Waals surface area (Å²) in [6.07, 6.45) is -3.75. The van der Waals surface area contributed by atoms with Crippen LogP contribution in [-0.4, -0.2) is 26.7 Å². The molecule has 1 aliphatic heterocycles. The number of fused-ring (bicyclic) bond motifs is 1. The van der Waals surface area contributed by atoms with E-state index >= 15 is 0 Å². The number of rotatable bonds is 3. The molecule has 0 spiro atoms. The maximum atomic E-state index is 13.9. The third kappa shape index (κ3) is 3.55. The van der Waals surface area contributed by atoms with Crippen LogP contribution in [-0.2, 0) is 0 Å². The first-order valence-corrected chi connectivity index (χ1v) is 9.08. The molecule has 0 fully saturated rings. The van der Waals surface area contributed by atoms with Gasteiger partial charge in [0.05, 0.1) is 5.57 Å². The first-order valence-electron chi connectivity index (χ1n) is 8.29. The molecule has 2 aromatic carbocycles. The predicted octanol–water partition coefficient (Wildman–Crippen LogP) is 4.89. The van der Waals surface area contributed by atoms with Gasteiger partial charge in [0.25, 0.3) is 0 Å². The largest absolute Gasteiger partial charge is 0.431 e. The molecule has 0 bridgehead atoms. The molecular formula is C19H11BrF4N4O. The van der Waals surface area contributed by atoms with Crippen molar-refractivity contribution in [3.05, 3.63) is 87.5 Å². The average molecular weight is 467 g/mol. The molecular weight excluding hydrogens is 456 g/mol. The molecule has 1 N–H and O–H groups in total. The second-order valence-electron chi connectivity index (χ2n) is 6.23. The Bertz CT molecular complexity index is 1120. The Labute approximate surface area is 170 Å². The van der Waals surface area contributed by atoms with E-state index < -0.39 is 35.1 Å². The van der Waals surface area contributed by atoms with Crippen molar-refractivity contribution in [2.75, 3.05) is 5.32 Å². The fraction of sp³-hybridized carbons (Fsp3) is 0.105. The minimum absolute atomic E-state index is 0.0755. The number of alkyl halides is 3. The fourth-order valence-electron chi connectivity index (χ4n) is 3.17. The molecule has 3 aromatic rings. The van der Waals surface area contributed by atoms with Crippen LogP contribution in [0.5, 0.6) is 0 Å². The third-order valence-corrected chi connectivity index (χ3v) is 4.89. The average Bonchev–Trinajstić information content (AvgIpc) is 3.14. The van der Waals surface area contributed by atoms with E-state index in [2.05, 4.69) is 31.3 Å². The minimum atomic E-state index is -4.85. The number of carbonyl (C=O) groups excluding carboxylic acids is 1. The van der Waals surface area contributed by atoms with Crippen molar-refractivity contribution in [3.8, 4) is 0 Å². The Morgan fingerprint density at radius 3 is 2.52 bits per heavy atom. The van der Waals surface area contributed by atoms with Crippen LogP contribution in [0, 0.1) is 5.82 Å². The third-order valence-electron chi connectivity index (χ3n) is 4.40. The van der Waals surface area contributed by atoms with Gasteiger partial charge >= 0.3 is 6.18 Å². The fourth-order valence-corrected chi connectivity index (χ4v) is 3.59. The number of halogens is 5. The lowest BCUT2D eigenvalue weighted by molar-refractivity contribution is -0.0918. The number of benzene rings is 2. The van der Waals surface area contributed by atoms with Gasteiger partial charge in [-0.3, -0.25) is 4.79 Å². The lowest BCUT2D eigenvalue weighted by Gasteiger charge is -2.30. The van der Waals surface area contributed by atoms with Crippen LogP contribution in [0.2, 0.25) is 0 Å². The number of allylic oxidation sites excluding steroid dienone is 2. The van der Waals surface area contributed by atoms with E-state index in [4.69, 9.17) is 0 Å². The monoisotopic (exact) mass is 466 g/mol. The van der Waals surface area contributed by atoms with Crippen LogP contribution in [0.15, 0.2) is 70.6 Å². The molecule has 0 radical (unpaired) electrons. The Hall–Kier alpha value is -3.01. The lowest BCUT2D eigenvalue weighted by atomic mass is 9.89. The highest BCUT2D eigenvalue weighted by atomic mass is 79.9. The zero-order chi connectivity index (χ0) is 20.8. The van der Waals surface area contributed by atoms with Crippen molar-refractivity contribution in [1.29, 1.82) is 0 Å². The van der Waals surface area contributed by atoms with Crippen LogP contribution in [0.1, 0.15) is 22.0 Å². The van der Waals surface area contributed by atoms with Gasteiger partial charge in [-0.2, -0.15) is 23.3 Å². The summed E-state index contributed by atoms with van der Waals surface area (Å²) in [7, 11) is 0. The molecule has 5 nitrogen and oxygen atoms in total. The number of nitrogens with zero attached hydrogens (tertiary/aromatic N) is 3. The lowest BCUT2D eigenvalue weighted by Crippen LogP contribution is -2.35. The summed E-state index contributed by atoms with van der Waals surface area (Å²) in [5, 5.41) is 6.20. The Kier molecular flexibility index (Phi) is 4.73. The van der Waals surface area contributed by atoms with E-state index in [0.29, 0.717) is 10.0 Å². The number of Topliss-reactive ketones (excluding diaryl/α,β-unsaturated/α-hetero) is 1. The quantitative estimate of drug-likeness (QED) is 0.440. The molecule has 2 heterocycles. The minimum Gasteiger partial charge on any atom is -0.320 e. The Balaban J connectivity index is 1.97. The Morgan fingerprint density at radius 1 is 1.14 bits per heavy atom. The molecule has 29 heavy (non-hydrogen) atoms. The zero-order valence-corrected chi connectivity index (χ0v) is 16.0. The van der Waals surface area contributed by atoms with Gasteiger partial charge in [-0.25, -0.2) is 9.07 Å². The van der Waals surface area contributed by atoms with E-state index in [1.807, 2.05) is 0 Å². The van der Waals surface area contributed by atoms with Gasteiger partial charge in [0.2, 0.25) is 5.95 Å². The topological polar surface area (TPSA) is 59.8 Å². The van der Waals surface area contributed by atoms with E-state index in [9.17, 15) is 22.4 Å². The standard InChI is InChI=1S/C19H11BrF4N4O/c20-12-3-1-2-11(8-12)15-14(16(29)10-4-6-13(21)7-5-10)17(19(22,23)24)27-18-25-9-26-28(15)18/h1-9,15H,(H,25,26,27)/t15-/m1/s1. The number of nitrogens with one attached hydrogen (secondary N) is 1. The van der Waals surface area contributed by atoms with Gasteiger partial charge in [0.1, 0.15) is 23.9 Å². The van der Waals surface area contributed by atoms with E-state index in [0.717, 1.165) is 30.6 Å². The molecule has 148 valence electrons. The summed E-state index contributed by atoms with van der Waals surface area (Å²) in [6.45, 7) is 0. The number of hydrogen-bond acceptors (Lipinski definition) is 4. The SMILES string of the molecule is O=C(C1=C(C(F)(F)F)Nc2ncnn2[C@@H]1c1cccc(Br)c1)c1ccc(F)cc1. The van der Waals surface area contributed by atoms with E-state index in [-0.39, 0.29) is 11.5 Å². The molecule has 1 aromatic heterocycles. The van der Waals surface area contributed by atoms with Crippen molar-refractivity contribution in [1.82, 2.24) is 14.8 Å². The van der Waals surface area contributed by atoms with Crippen LogP contribution in [0.3, 0.4) is 0 Å². The molecule has 0 saturated heterocycles. The predicted molar refractivity (Wildman–Crippen MR) is 99.7 cm³/mol. The molecule has 1 aliphatic rings. The van der Waals surface area contributed by atoms with Crippen molar-refractivity contribution in [2.45, 2.75) is 12.2 Å². The first-order chi connectivity index (χ1) is 13.8. The van der Waals surface area contributed by atoms with E-state index in [1.165, 1.54) is 4.68 Å². The number of ketones is 1. The van der Waals surface area contributed by atoms with Gasteiger partial charge in [-0.05, 0) is 42.0 Å².